The summed E-state index contributed by atoms with van der Waals surface area (Å²) in [5.74, 6) is 0.000602. The largest absolute Gasteiger partial charge is 0.341 e. The van der Waals surface area contributed by atoms with Crippen LogP contribution in [-0.4, -0.2) is 18.1 Å². The SMILES string of the molecule is CC(=O)NC(C)NC(C)C. The van der Waals surface area contributed by atoms with Gasteiger partial charge in [0.05, 0.1) is 6.17 Å². The van der Waals surface area contributed by atoms with Gasteiger partial charge in [-0.05, 0) is 20.8 Å². The van der Waals surface area contributed by atoms with E-state index >= 15 is 0 Å². The maximum atomic E-state index is 10.5. The normalized spacial score (nSPS) is 13.3. The van der Waals surface area contributed by atoms with Crippen LogP contribution in [0.1, 0.15) is 27.7 Å². The van der Waals surface area contributed by atoms with Crippen molar-refractivity contribution >= 4 is 5.91 Å². The highest BCUT2D eigenvalue weighted by Crippen LogP contribution is 1.80. The minimum atomic E-state index is 0.000602. The summed E-state index contributed by atoms with van der Waals surface area (Å²) in [4.78, 5) is 10.5. The van der Waals surface area contributed by atoms with Gasteiger partial charge < -0.3 is 5.32 Å². The van der Waals surface area contributed by atoms with E-state index in [1.165, 1.54) is 6.92 Å². The maximum Gasteiger partial charge on any atom is 0.218 e. The smallest absolute Gasteiger partial charge is 0.218 e. The molecule has 0 radical (unpaired) electrons. The van der Waals surface area contributed by atoms with Crippen LogP contribution < -0.4 is 10.6 Å². The van der Waals surface area contributed by atoms with E-state index in [1.54, 1.807) is 0 Å². The summed E-state index contributed by atoms with van der Waals surface area (Å²) in [5, 5.41) is 5.87. The molecule has 1 atom stereocenters. The Morgan fingerprint density at radius 1 is 1.30 bits per heavy atom. The Labute approximate surface area is 62.2 Å². The van der Waals surface area contributed by atoms with Crippen molar-refractivity contribution < 1.29 is 4.79 Å². The summed E-state index contributed by atoms with van der Waals surface area (Å²) >= 11 is 0. The lowest BCUT2D eigenvalue weighted by molar-refractivity contribution is -0.119. The van der Waals surface area contributed by atoms with Crippen molar-refractivity contribution in [3.05, 3.63) is 0 Å². The molecule has 0 aliphatic carbocycles. The standard InChI is InChI=1S/C7H16N2O/c1-5(2)8-6(3)9-7(4)10/h5-6,8H,1-4H3,(H,9,10). The second kappa shape index (κ2) is 4.28. The van der Waals surface area contributed by atoms with Gasteiger partial charge in [0.15, 0.2) is 0 Å². The summed E-state index contributed by atoms with van der Waals surface area (Å²) in [6.45, 7) is 7.51. The number of nitrogens with one attached hydrogen (secondary N) is 2. The fourth-order valence-electron chi connectivity index (χ4n) is 0.847. The molecule has 0 aliphatic heterocycles. The van der Waals surface area contributed by atoms with E-state index < -0.39 is 0 Å². The first-order valence-electron chi connectivity index (χ1n) is 3.55. The molecule has 0 spiro atoms. The van der Waals surface area contributed by atoms with E-state index in [0.717, 1.165) is 0 Å². The lowest BCUT2D eigenvalue weighted by atomic mass is 10.4. The van der Waals surface area contributed by atoms with Crippen LogP contribution >= 0.6 is 0 Å². The van der Waals surface area contributed by atoms with Crippen molar-refractivity contribution in [1.82, 2.24) is 10.6 Å². The lowest BCUT2D eigenvalue weighted by Crippen LogP contribution is -2.45. The molecule has 2 N–H and O–H groups in total. The monoisotopic (exact) mass is 144 g/mol. The van der Waals surface area contributed by atoms with E-state index in [1.807, 2.05) is 20.8 Å². The Kier molecular flexibility index (Phi) is 4.03. The van der Waals surface area contributed by atoms with Crippen LogP contribution in [0.25, 0.3) is 0 Å². The van der Waals surface area contributed by atoms with Gasteiger partial charge in [0, 0.05) is 13.0 Å². The Morgan fingerprint density at radius 3 is 2.10 bits per heavy atom. The van der Waals surface area contributed by atoms with E-state index in [-0.39, 0.29) is 12.1 Å². The predicted octanol–water partition coefficient (Wildman–Crippen LogP) is 0.466. The van der Waals surface area contributed by atoms with E-state index in [2.05, 4.69) is 10.6 Å². The Bertz CT molecular complexity index is 112. The van der Waals surface area contributed by atoms with Crippen molar-refractivity contribution in [3.63, 3.8) is 0 Å². The molecular weight excluding hydrogens is 128 g/mol. The zero-order chi connectivity index (χ0) is 8.15. The number of rotatable bonds is 3. The molecule has 60 valence electrons. The quantitative estimate of drug-likeness (QED) is 0.565. The maximum absolute atomic E-state index is 10.5. The van der Waals surface area contributed by atoms with Crippen molar-refractivity contribution in [2.24, 2.45) is 0 Å². The molecule has 0 saturated heterocycles. The third-order valence-electron chi connectivity index (χ3n) is 1.00. The summed E-state index contributed by atoms with van der Waals surface area (Å²) in [6, 6.07) is 0.404. The summed E-state index contributed by atoms with van der Waals surface area (Å²) in [7, 11) is 0. The van der Waals surface area contributed by atoms with Gasteiger partial charge in [0.1, 0.15) is 0 Å². The van der Waals surface area contributed by atoms with Crippen LogP contribution in [0.3, 0.4) is 0 Å². The third kappa shape index (κ3) is 5.56. The summed E-state index contributed by atoms with van der Waals surface area (Å²) in [5.41, 5.74) is 0. The van der Waals surface area contributed by atoms with Gasteiger partial charge in [-0.25, -0.2) is 0 Å². The molecule has 0 aliphatic rings. The Hall–Kier alpha value is -0.570. The highest BCUT2D eigenvalue weighted by molar-refractivity contribution is 5.73. The molecule has 0 aromatic carbocycles. The van der Waals surface area contributed by atoms with Crippen LogP contribution in [0.5, 0.6) is 0 Å². The molecule has 3 heteroatoms. The van der Waals surface area contributed by atoms with Crippen molar-refractivity contribution in [3.8, 4) is 0 Å². The Morgan fingerprint density at radius 2 is 1.80 bits per heavy atom. The fourth-order valence-corrected chi connectivity index (χ4v) is 0.847. The highest BCUT2D eigenvalue weighted by Gasteiger charge is 2.02. The zero-order valence-corrected chi connectivity index (χ0v) is 7.06. The van der Waals surface area contributed by atoms with Gasteiger partial charge in [-0.3, -0.25) is 10.1 Å². The average molecular weight is 144 g/mol. The first kappa shape index (κ1) is 9.43. The number of hydrogen-bond donors (Lipinski definition) is 2. The van der Waals surface area contributed by atoms with Crippen LogP contribution in [0.15, 0.2) is 0 Å². The van der Waals surface area contributed by atoms with Gasteiger partial charge in [0.25, 0.3) is 0 Å². The third-order valence-corrected chi connectivity index (χ3v) is 1.00. The number of hydrogen-bond acceptors (Lipinski definition) is 2. The molecule has 0 saturated carbocycles. The van der Waals surface area contributed by atoms with Gasteiger partial charge in [-0.15, -0.1) is 0 Å². The highest BCUT2D eigenvalue weighted by atomic mass is 16.1. The molecule has 3 nitrogen and oxygen atoms in total. The average Bonchev–Trinajstić information content (AvgIpc) is 1.58. The first-order chi connectivity index (χ1) is 4.52. The minimum absolute atomic E-state index is 0.000602. The minimum Gasteiger partial charge on any atom is -0.341 e. The molecule has 1 amide bonds. The van der Waals surface area contributed by atoms with Crippen LogP contribution in [0, 0.1) is 0 Å². The van der Waals surface area contributed by atoms with Crippen LogP contribution in [0.2, 0.25) is 0 Å². The topological polar surface area (TPSA) is 41.1 Å². The zero-order valence-electron chi connectivity index (χ0n) is 7.06. The van der Waals surface area contributed by atoms with Crippen LogP contribution in [0.4, 0.5) is 0 Å². The summed E-state index contributed by atoms with van der Waals surface area (Å²) < 4.78 is 0. The second-order valence-corrected chi connectivity index (χ2v) is 2.74. The van der Waals surface area contributed by atoms with Gasteiger partial charge >= 0.3 is 0 Å². The van der Waals surface area contributed by atoms with Gasteiger partial charge in [-0.2, -0.15) is 0 Å². The molecule has 10 heavy (non-hydrogen) atoms. The summed E-state index contributed by atoms with van der Waals surface area (Å²) in [6.07, 6.45) is 0.0671. The van der Waals surface area contributed by atoms with Gasteiger partial charge in [-0.1, -0.05) is 0 Å². The van der Waals surface area contributed by atoms with E-state index in [4.69, 9.17) is 0 Å². The molecular formula is C7H16N2O. The van der Waals surface area contributed by atoms with Crippen LogP contribution in [-0.2, 0) is 4.79 Å². The number of amides is 1. The van der Waals surface area contributed by atoms with Gasteiger partial charge in [0.2, 0.25) is 5.91 Å². The molecule has 0 bridgehead atoms. The lowest BCUT2D eigenvalue weighted by Gasteiger charge is -2.16. The van der Waals surface area contributed by atoms with Crippen molar-refractivity contribution in [2.45, 2.75) is 39.9 Å². The predicted molar refractivity (Wildman–Crippen MR) is 41.6 cm³/mol. The van der Waals surface area contributed by atoms with Crippen molar-refractivity contribution in [2.75, 3.05) is 0 Å². The fraction of sp³-hybridized carbons (Fsp3) is 0.857. The molecule has 0 aromatic rings. The van der Waals surface area contributed by atoms with E-state index in [0.29, 0.717) is 6.04 Å². The number of carbonyl (C=O) groups excluding carboxylic acids is 1. The molecule has 1 unspecified atom stereocenters. The molecule has 0 fully saturated rings. The number of carbonyl (C=O) groups is 1. The van der Waals surface area contributed by atoms with Crippen molar-refractivity contribution in [1.29, 1.82) is 0 Å². The first-order valence-corrected chi connectivity index (χ1v) is 3.55. The Balaban J connectivity index is 3.43. The molecule has 0 aromatic heterocycles. The molecule has 0 rings (SSSR count). The van der Waals surface area contributed by atoms with E-state index in [9.17, 15) is 4.79 Å². The molecule has 0 heterocycles. The second-order valence-electron chi connectivity index (χ2n) is 2.74.